The van der Waals surface area contributed by atoms with Crippen LogP contribution in [0, 0.1) is 0 Å². The van der Waals surface area contributed by atoms with E-state index in [9.17, 15) is 15.0 Å². The van der Waals surface area contributed by atoms with Crippen molar-refractivity contribution in [2.24, 2.45) is 5.73 Å². The molecule has 0 atom stereocenters. The minimum atomic E-state index is -2.49. The van der Waals surface area contributed by atoms with E-state index >= 15 is 0 Å². The van der Waals surface area contributed by atoms with Crippen molar-refractivity contribution < 1.29 is 15.0 Å². The molecule has 0 rings (SSSR count). The Hall–Kier alpha value is -0.870. The van der Waals surface area contributed by atoms with Gasteiger partial charge in [0.2, 0.25) is 0 Å². The van der Waals surface area contributed by atoms with Crippen molar-refractivity contribution in [1.29, 1.82) is 0 Å². The average Bonchev–Trinajstić information content (AvgIpc) is 2.55. The Morgan fingerprint density at radius 3 is 1.54 bits per heavy atom. The average molecular weight is 342 g/mol. The van der Waals surface area contributed by atoms with Gasteiger partial charge in [-0.25, -0.2) is 0 Å². The Morgan fingerprint density at radius 2 is 1.21 bits per heavy atom. The molecule has 142 valence electrons. The van der Waals surface area contributed by atoms with E-state index in [1.54, 1.807) is 13.0 Å². The minimum Gasteiger partial charge on any atom is -0.365 e. The summed E-state index contributed by atoms with van der Waals surface area (Å²) in [4.78, 5) is 11.0. The summed E-state index contributed by atoms with van der Waals surface area (Å²) in [5.41, 5.74) is 5.31. The Balaban J connectivity index is 3.49. The number of allylic oxidation sites excluding steroid dienone is 1. The number of hydrogen-bond donors (Lipinski definition) is 3. The molecule has 4 heteroatoms. The first-order valence-corrected chi connectivity index (χ1v) is 9.87. The summed E-state index contributed by atoms with van der Waals surface area (Å²) in [6.07, 6.45) is 18.6. The summed E-state index contributed by atoms with van der Waals surface area (Å²) < 4.78 is 0. The van der Waals surface area contributed by atoms with Gasteiger partial charge in [0.05, 0.1) is 0 Å². The normalized spacial score (nSPS) is 12.6. The van der Waals surface area contributed by atoms with Gasteiger partial charge >= 0.3 is 0 Å². The highest BCUT2D eigenvalue weighted by molar-refractivity contribution is 5.84. The van der Waals surface area contributed by atoms with E-state index in [0.29, 0.717) is 12.0 Å². The van der Waals surface area contributed by atoms with E-state index in [1.165, 1.54) is 64.2 Å². The summed E-state index contributed by atoms with van der Waals surface area (Å²) in [5.74, 6) is -3.60. The highest BCUT2D eigenvalue weighted by atomic mass is 16.5. The molecule has 0 bridgehead atoms. The van der Waals surface area contributed by atoms with E-state index in [1.807, 2.05) is 0 Å². The van der Waals surface area contributed by atoms with Crippen LogP contribution in [0.5, 0.6) is 0 Å². The number of hydrogen-bond acceptors (Lipinski definition) is 3. The quantitative estimate of drug-likeness (QED) is 0.218. The van der Waals surface area contributed by atoms with E-state index in [-0.39, 0.29) is 0 Å². The topological polar surface area (TPSA) is 83.6 Å². The smallest absolute Gasteiger partial charge is 0.282 e. The van der Waals surface area contributed by atoms with Gasteiger partial charge < -0.3 is 15.9 Å². The van der Waals surface area contributed by atoms with Crippen molar-refractivity contribution in [3.63, 3.8) is 0 Å². The summed E-state index contributed by atoms with van der Waals surface area (Å²) >= 11 is 0. The number of nitrogens with two attached hydrogens (primary N) is 1. The number of unbranched alkanes of at least 4 members (excludes halogenated alkanes) is 12. The number of rotatable bonds is 16. The second kappa shape index (κ2) is 14.5. The van der Waals surface area contributed by atoms with Crippen LogP contribution in [0.3, 0.4) is 0 Å². The van der Waals surface area contributed by atoms with Crippen molar-refractivity contribution in [2.45, 2.75) is 110 Å². The molecule has 0 fully saturated rings. The molecule has 24 heavy (non-hydrogen) atoms. The van der Waals surface area contributed by atoms with Crippen LogP contribution in [0.2, 0.25) is 0 Å². The maximum atomic E-state index is 11.0. The maximum absolute atomic E-state index is 11.0. The zero-order valence-electron chi connectivity index (χ0n) is 15.9. The molecule has 0 radical (unpaired) electrons. The molecule has 4 nitrogen and oxygen atoms in total. The Kier molecular flexibility index (Phi) is 13.9. The first-order valence-electron chi connectivity index (χ1n) is 9.87. The molecule has 0 aliphatic heterocycles. The number of primary amides is 1. The van der Waals surface area contributed by atoms with Crippen molar-refractivity contribution >= 4 is 5.91 Å². The maximum Gasteiger partial charge on any atom is 0.282 e. The standard InChI is InChI=1S/C20H39NO3/c1-3-5-6-7-8-9-10-11-12-13-14-15-16-17-18(4-2)20(23,24)19(21)22/h4,23-24H,3,5-17H2,1-2H3,(H2,21,22). The summed E-state index contributed by atoms with van der Waals surface area (Å²) in [6.45, 7) is 3.95. The van der Waals surface area contributed by atoms with E-state index in [4.69, 9.17) is 5.73 Å². The van der Waals surface area contributed by atoms with Gasteiger partial charge in [-0.3, -0.25) is 4.79 Å². The molecule has 0 aromatic rings. The number of amides is 1. The largest absolute Gasteiger partial charge is 0.365 e. The van der Waals surface area contributed by atoms with Crippen molar-refractivity contribution in [1.82, 2.24) is 0 Å². The second-order valence-corrected chi connectivity index (χ2v) is 6.84. The van der Waals surface area contributed by atoms with Crippen LogP contribution >= 0.6 is 0 Å². The Bertz CT molecular complexity index is 351. The molecular weight excluding hydrogens is 302 g/mol. The predicted molar refractivity (Wildman–Crippen MR) is 100 cm³/mol. The molecule has 0 saturated carbocycles. The van der Waals surface area contributed by atoms with E-state index in [0.717, 1.165) is 19.3 Å². The highest BCUT2D eigenvalue weighted by Gasteiger charge is 2.34. The molecule has 0 saturated heterocycles. The molecule has 0 aromatic carbocycles. The predicted octanol–water partition coefficient (Wildman–Crippen LogP) is 4.58. The molecule has 0 heterocycles. The zero-order valence-corrected chi connectivity index (χ0v) is 15.9. The van der Waals surface area contributed by atoms with Crippen LogP contribution in [-0.2, 0) is 4.79 Å². The lowest BCUT2D eigenvalue weighted by Crippen LogP contribution is -2.45. The van der Waals surface area contributed by atoms with Crippen molar-refractivity contribution in [3.05, 3.63) is 11.6 Å². The summed E-state index contributed by atoms with van der Waals surface area (Å²) in [7, 11) is 0. The van der Waals surface area contributed by atoms with Gasteiger partial charge in [-0.05, 0) is 25.3 Å². The van der Waals surface area contributed by atoms with Crippen LogP contribution < -0.4 is 5.73 Å². The van der Waals surface area contributed by atoms with Gasteiger partial charge in [0.15, 0.2) is 0 Å². The van der Waals surface area contributed by atoms with Gasteiger partial charge in [-0.1, -0.05) is 90.0 Å². The number of aliphatic hydroxyl groups is 2. The Labute approximate surface area is 148 Å². The molecule has 0 aromatic heterocycles. The molecule has 4 N–H and O–H groups in total. The molecule has 0 aliphatic rings. The van der Waals surface area contributed by atoms with Gasteiger partial charge in [-0.2, -0.15) is 0 Å². The lowest BCUT2D eigenvalue weighted by Gasteiger charge is -2.21. The van der Waals surface area contributed by atoms with Crippen LogP contribution in [0.15, 0.2) is 11.6 Å². The van der Waals surface area contributed by atoms with Crippen LogP contribution in [0.4, 0.5) is 0 Å². The fourth-order valence-electron chi connectivity index (χ4n) is 3.01. The second-order valence-electron chi connectivity index (χ2n) is 6.84. The number of carbonyl (C=O) groups is 1. The van der Waals surface area contributed by atoms with Crippen molar-refractivity contribution in [2.75, 3.05) is 0 Å². The third-order valence-corrected chi connectivity index (χ3v) is 4.69. The first kappa shape index (κ1) is 23.1. The number of carbonyl (C=O) groups excluding carboxylic acids is 1. The molecule has 0 unspecified atom stereocenters. The Morgan fingerprint density at radius 1 is 0.833 bits per heavy atom. The lowest BCUT2D eigenvalue weighted by atomic mass is 9.97. The molecule has 0 spiro atoms. The molecule has 1 amide bonds. The highest BCUT2D eigenvalue weighted by Crippen LogP contribution is 2.21. The monoisotopic (exact) mass is 341 g/mol. The molecule has 0 aliphatic carbocycles. The van der Waals surface area contributed by atoms with Gasteiger partial charge in [0, 0.05) is 0 Å². The van der Waals surface area contributed by atoms with Crippen LogP contribution in [-0.4, -0.2) is 21.9 Å². The van der Waals surface area contributed by atoms with E-state index in [2.05, 4.69) is 6.92 Å². The third kappa shape index (κ3) is 10.8. The summed E-state index contributed by atoms with van der Waals surface area (Å²) in [5, 5.41) is 19.3. The van der Waals surface area contributed by atoms with Crippen molar-refractivity contribution in [3.8, 4) is 0 Å². The molecular formula is C20H39NO3. The van der Waals surface area contributed by atoms with Gasteiger partial charge in [0.25, 0.3) is 11.7 Å². The van der Waals surface area contributed by atoms with Gasteiger partial charge in [0.1, 0.15) is 0 Å². The fraction of sp³-hybridized carbons (Fsp3) is 0.850. The fourth-order valence-corrected chi connectivity index (χ4v) is 3.01. The van der Waals surface area contributed by atoms with Gasteiger partial charge in [-0.15, -0.1) is 0 Å². The van der Waals surface area contributed by atoms with Crippen LogP contribution in [0.1, 0.15) is 104 Å². The third-order valence-electron chi connectivity index (χ3n) is 4.69. The summed E-state index contributed by atoms with van der Waals surface area (Å²) in [6, 6.07) is 0. The van der Waals surface area contributed by atoms with Crippen LogP contribution in [0.25, 0.3) is 0 Å². The van der Waals surface area contributed by atoms with E-state index < -0.39 is 11.7 Å². The SMILES string of the molecule is CC=C(CCCCCCCCCCCCCCC)C(O)(O)C(N)=O. The zero-order chi connectivity index (χ0) is 18.3. The first-order chi connectivity index (χ1) is 11.5. The lowest BCUT2D eigenvalue weighted by molar-refractivity contribution is -0.168. The minimum absolute atomic E-state index is 0.304.